The van der Waals surface area contributed by atoms with Crippen LogP contribution in [0.1, 0.15) is 19.3 Å². The molecule has 4 heteroatoms. The topological polar surface area (TPSA) is 72.5 Å². The molecule has 0 amide bonds. The number of hydrogen-bond acceptors (Lipinski definition) is 3. The molecule has 0 aromatic heterocycles. The molecule has 0 aromatic carbocycles. The van der Waals surface area contributed by atoms with Gasteiger partial charge in [-0.15, -0.1) is 0 Å². The second kappa shape index (κ2) is 2.88. The first-order valence-corrected chi connectivity index (χ1v) is 3.35. The first-order chi connectivity index (χ1) is 4.70. The van der Waals surface area contributed by atoms with E-state index >= 15 is 0 Å². The van der Waals surface area contributed by atoms with Crippen LogP contribution in [0.25, 0.3) is 0 Å². The molecule has 2 atom stereocenters. The van der Waals surface area contributed by atoms with Crippen molar-refractivity contribution in [3.63, 3.8) is 0 Å². The van der Waals surface area contributed by atoms with Crippen LogP contribution < -0.4 is 5.73 Å². The fourth-order valence-corrected chi connectivity index (χ4v) is 1.23. The van der Waals surface area contributed by atoms with Gasteiger partial charge in [0.2, 0.25) is 0 Å². The number of carbonyl (C=O) groups is 1. The van der Waals surface area contributed by atoms with E-state index in [1.807, 2.05) is 0 Å². The molecule has 1 saturated carbocycles. The molecule has 0 unspecified atom stereocenters. The average molecular weight is 145 g/mol. The summed E-state index contributed by atoms with van der Waals surface area (Å²) in [6.45, 7) is 0. The first-order valence-electron chi connectivity index (χ1n) is 3.35. The second-order valence-corrected chi connectivity index (χ2v) is 2.52. The van der Waals surface area contributed by atoms with E-state index < -0.39 is 6.16 Å². The average Bonchev–Trinajstić information content (AvgIpc) is 2.15. The van der Waals surface area contributed by atoms with E-state index in [4.69, 9.17) is 10.8 Å². The van der Waals surface area contributed by atoms with Crippen molar-refractivity contribution in [2.75, 3.05) is 0 Å². The lowest BCUT2D eigenvalue weighted by atomic mass is 10.2. The van der Waals surface area contributed by atoms with Gasteiger partial charge in [0.05, 0.1) is 0 Å². The van der Waals surface area contributed by atoms with Gasteiger partial charge in [-0.05, 0) is 19.3 Å². The summed E-state index contributed by atoms with van der Waals surface area (Å²) in [6, 6.07) is -0.0869. The molecule has 0 bridgehead atoms. The molecule has 58 valence electrons. The molecular weight excluding hydrogens is 134 g/mol. The van der Waals surface area contributed by atoms with Gasteiger partial charge in [0.15, 0.2) is 0 Å². The van der Waals surface area contributed by atoms with Crippen molar-refractivity contribution in [2.24, 2.45) is 5.73 Å². The maximum atomic E-state index is 10.0. The molecule has 3 N–H and O–H groups in total. The summed E-state index contributed by atoms with van der Waals surface area (Å²) in [5.41, 5.74) is 5.54. The van der Waals surface area contributed by atoms with Crippen LogP contribution in [0, 0.1) is 0 Å². The second-order valence-electron chi connectivity index (χ2n) is 2.52. The number of carboxylic acid groups (broad SMARTS) is 1. The molecular formula is C6H11NO3. The van der Waals surface area contributed by atoms with E-state index in [9.17, 15) is 4.79 Å². The zero-order valence-electron chi connectivity index (χ0n) is 5.62. The Labute approximate surface area is 59.0 Å². The van der Waals surface area contributed by atoms with Crippen LogP contribution in [-0.4, -0.2) is 23.4 Å². The lowest BCUT2D eigenvalue weighted by molar-refractivity contribution is 0.0484. The Kier molecular flexibility index (Phi) is 2.11. The predicted octanol–water partition coefficient (Wildman–Crippen LogP) is 0.561. The molecule has 1 rings (SSSR count). The standard InChI is InChI=1S/C6H11NO3/c7-4-2-1-3-5(4)10-6(8)9/h4-5H,1-3,7H2,(H,8,9)/t4-,5+/m0/s1. The number of rotatable bonds is 1. The van der Waals surface area contributed by atoms with E-state index in [1.165, 1.54) is 0 Å². The Morgan fingerprint density at radius 2 is 2.30 bits per heavy atom. The Morgan fingerprint density at radius 3 is 2.70 bits per heavy atom. The van der Waals surface area contributed by atoms with Crippen LogP contribution in [0.2, 0.25) is 0 Å². The van der Waals surface area contributed by atoms with Gasteiger partial charge >= 0.3 is 6.16 Å². The lowest BCUT2D eigenvalue weighted by Crippen LogP contribution is -2.32. The Morgan fingerprint density at radius 1 is 1.60 bits per heavy atom. The smallest absolute Gasteiger partial charge is 0.450 e. The highest BCUT2D eigenvalue weighted by atomic mass is 16.7. The summed E-state index contributed by atoms with van der Waals surface area (Å²) in [5, 5.41) is 8.21. The summed E-state index contributed by atoms with van der Waals surface area (Å²) < 4.78 is 4.52. The number of ether oxygens (including phenoxy) is 1. The van der Waals surface area contributed by atoms with Crippen LogP contribution in [0.15, 0.2) is 0 Å². The van der Waals surface area contributed by atoms with Gasteiger partial charge in [0.25, 0.3) is 0 Å². The molecule has 0 aliphatic heterocycles. The quantitative estimate of drug-likeness (QED) is 0.529. The summed E-state index contributed by atoms with van der Waals surface area (Å²) >= 11 is 0. The Balaban J connectivity index is 2.33. The number of hydrogen-bond donors (Lipinski definition) is 2. The maximum Gasteiger partial charge on any atom is 0.506 e. The van der Waals surface area contributed by atoms with Gasteiger partial charge < -0.3 is 15.6 Å². The van der Waals surface area contributed by atoms with Crippen molar-refractivity contribution in [2.45, 2.75) is 31.4 Å². The van der Waals surface area contributed by atoms with Crippen molar-refractivity contribution < 1.29 is 14.6 Å². The fraction of sp³-hybridized carbons (Fsp3) is 0.833. The third-order valence-electron chi connectivity index (χ3n) is 1.76. The molecule has 0 spiro atoms. The highest BCUT2D eigenvalue weighted by Crippen LogP contribution is 2.19. The summed E-state index contributed by atoms with van der Waals surface area (Å²) in [5.74, 6) is 0. The van der Waals surface area contributed by atoms with E-state index in [-0.39, 0.29) is 12.1 Å². The Bertz CT molecular complexity index is 137. The minimum atomic E-state index is -1.22. The lowest BCUT2D eigenvalue weighted by Gasteiger charge is -2.12. The van der Waals surface area contributed by atoms with Crippen LogP contribution in [-0.2, 0) is 4.74 Å². The van der Waals surface area contributed by atoms with Crippen molar-refractivity contribution in [3.05, 3.63) is 0 Å². The van der Waals surface area contributed by atoms with E-state index in [2.05, 4.69) is 4.74 Å². The van der Waals surface area contributed by atoms with Crippen LogP contribution in [0.5, 0.6) is 0 Å². The number of nitrogens with two attached hydrogens (primary N) is 1. The Hall–Kier alpha value is -0.770. The van der Waals surface area contributed by atoms with E-state index in [0.29, 0.717) is 0 Å². The highest BCUT2D eigenvalue weighted by Gasteiger charge is 2.26. The van der Waals surface area contributed by atoms with Crippen LogP contribution in [0.3, 0.4) is 0 Å². The van der Waals surface area contributed by atoms with Gasteiger partial charge in [-0.25, -0.2) is 4.79 Å². The van der Waals surface area contributed by atoms with Gasteiger partial charge in [-0.2, -0.15) is 0 Å². The van der Waals surface area contributed by atoms with E-state index in [0.717, 1.165) is 19.3 Å². The van der Waals surface area contributed by atoms with Gasteiger partial charge in [-0.1, -0.05) is 0 Å². The molecule has 0 aromatic rings. The zero-order valence-corrected chi connectivity index (χ0v) is 5.62. The monoisotopic (exact) mass is 145 g/mol. The van der Waals surface area contributed by atoms with Crippen molar-refractivity contribution in [1.29, 1.82) is 0 Å². The van der Waals surface area contributed by atoms with Crippen LogP contribution in [0.4, 0.5) is 4.79 Å². The molecule has 4 nitrogen and oxygen atoms in total. The molecule has 0 heterocycles. The summed E-state index contributed by atoms with van der Waals surface area (Å²) in [6.07, 6.45) is 1.13. The minimum absolute atomic E-state index is 0.0869. The molecule has 0 radical (unpaired) electrons. The molecule has 10 heavy (non-hydrogen) atoms. The predicted molar refractivity (Wildman–Crippen MR) is 34.7 cm³/mol. The maximum absolute atomic E-state index is 10.0. The first kappa shape index (κ1) is 7.34. The molecule has 1 aliphatic rings. The zero-order chi connectivity index (χ0) is 7.56. The third kappa shape index (κ3) is 1.60. The van der Waals surface area contributed by atoms with Gasteiger partial charge in [0.1, 0.15) is 6.10 Å². The van der Waals surface area contributed by atoms with Gasteiger partial charge in [0, 0.05) is 6.04 Å². The van der Waals surface area contributed by atoms with E-state index in [1.54, 1.807) is 0 Å². The van der Waals surface area contributed by atoms with Crippen LogP contribution >= 0.6 is 0 Å². The van der Waals surface area contributed by atoms with Gasteiger partial charge in [-0.3, -0.25) is 0 Å². The molecule has 1 fully saturated rings. The fourth-order valence-electron chi connectivity index (χ4n) is 1.23. The highest BCUT2D eigenvalue weighted by molar-refractivity contribution is 5.57. The SMILES string of the molecule is N[C@H]1CCC[C@H]1OC(=O)O. The summed E-state index contributed by atoms with van der Waals surface area (Å²) in [4.78, 5) is 10.0. The van der Waals surface area contributed by atoms with Crippen molar-refractivity contribution >= 4 is 6.16 Å². The molecule has 1 aliphatic carbocycles. The minimum Gasteiger partial charge on any atom is -0.450 e. The molecule has 0 saturated heterocycles. The van der Waals surface area contributed by atoms with Crippen molar-refractivity contribution in [1.82, 2.24) is 0 Å². The largest absolute Gasteiger partial charge is 0.506 e. The van der Waals surface area contributed by atoms with Crippen molar-refractivity contribution in [3.8, 4) is 0 Å². The third-order valence-corrected chi connectivity index (χ3v) is 1.76. The normalized spacial score (nSPS) is 32.1. The summed E-state index contributed by atoms with van der Waals surface area (Å²) in [7, 11) is 0.